The van der Waals surface area contributed by atoms with Crippen molar-refractivity contribution < 1.29 is 9.53 Å². The first-order valence-corrected chi connectivity index (χ1v) is 1.83. The van der Waals surface area contributed by atoms with E-state index in [2.05, 4.69) is 10.5 Å². The lowest BCUT2D eigenvalue weighted by molar-refractivity contribution is -0.122. The fraction of sp³-hybridized carbons (Fsp3) is 0.667. The molecule has 0 bridgehead atoms. The molecule has 0 atom stereocenters. The van der Waals surface area contributed by atoms with Crippen molar-refractivity contribution in [2.24, 2.45) is 11.5 Å². The Balaban J connectivity index is 2.82. The molecule has 1 amide bonds. The highest BCUT2D eigenvalue weighted by molar-refractivity contribution is 5.74. The largest absolute Gasteiger partial charge is 0.368 e. The number of hydrogen-bond acceptors (Lipinski definition) is 3. The summed E-state index contributed by atoms with van der Waals surface area (Å²) in [6.07, 6.45) is 0. The maximum absolute atomic E-state index is 9.80. The van der Waals surface area contributed by atoms with Gasteiger partial charge in [0.05, 0.1) is 6.73 Å². The van der Waals surface area contributed by atoms with Gasteiger partial charge >= 0.3 is 0 Å². The molecule has 4 N–H and O–H groups in total. The zero-order valence-corrected chi connectivity index (χ0v) is 3.89. The number of carbonyl (C=O) groups is 1. The van der Waals surface area contributed by atoms with Crippen molar-refractivity contribution in [2.75, 3.05) is 13.3 Å². The zero-order chi connectivity index (χ0) is 5.70. The molecule has 0 aliphatic rings. The predicted molar refractivity (Wildman–Crippen MR) is 24.2 cm³/mol. The summed E-state index contributed by atoms with van der Waals surface area (Å²) in [5.74, 6) is -0.495. The van der Waals surface area contributed by atoms with Gasteiger partial charge in [0.1, 0.15) is 6.61 Å². The molecule has 0 aromatic heterocycles. The molecule has 0 heterocycles. The third kappa shape index (κ3) is 5.39. The van der Waals surface area contributed by atoms with Crippen LogP contribution in [-0.4, -0.2) is 19.2 Å². The van der Waals surface area contributed by atoms with Crippen LogP contribution in [0.5, 0.6) is 0 Å². The molecule has 42 valence electrons. The van der Waals surface area contributed by atoms with E-state index in [1.807, 2.05) is 0 Å². The second-order valence-corrected chi connectivity index (χ2v) is 0.981. The highest BCUT2D eigenvalue weighted by Gasteiger charge is 1.87. The van der Waals surface area contributed by atoms with Gasteiger partial charge in [-0.15, -0.1) is 0 Å². The second-order valence-electron chi connectivity index (χ2n) is 0.981. The first kappa shape index (κ1) is 6.39. The third-order valence-corrected chi connectivity index (χ3v) is 0.362. The van der Waals surface area contributed by atoms with E-state index in [9.17, 15) is 4.79 Å². The lowest BCUT2D eigenvalue weighted by Gasteiger charge is -1.91. The molecule has 4 nitrogen and oxygen atoms in total. The fourth-order valence-electron chi connectivity index (χ4n) is 0.160. The summed E-state index contributed by atoms with van der Waals surface area (Å²) in [5, 5.41) is 0. The number of amides is 1. The van der Waals surface area contributed by atoms with Crippen LogP contribution in [-0.2, 0) is 9.53 Å². The van der Waals surface area contributed by atoms with Crippen molar-refractivity contribution in [1.29, 1.82) is 0 Å². The molecule has 0 aromatic rings. The molecule has 7 heavy (non-hydrogen) atoms. The predicted octanol–water partition coefficient (Wildman–Crippen LogP) is -1.60. The molecule has 0 radical (unpaired) electrons. The van der Waals surface area contributed by atoms with Crippen molar-refractivity contribution in [1.82, 2.24) is 0 Å². The maximum atomic E-state index is 9.80. The van der Waals surface area contributed by atoms with E-state index >= 15 is 0 Å². The summed E-state index contributed by atoms with van der Waals surface area (Å²) < 4.78 is 4.40. The van der Waals surface area contributed by atoms with Crippen LogP contribution in [0.4, 0.5) is 0 Å². The molecule has 0 aliphatic heterocycles. The Kier molecular flexibility index (Phi) is 3.26. The van der Waals surface area contributed by atoms with E-state index in [-0.39, 0.29) is 13.3 Å². The van der Waals surface area contributed by atoms with Crippen LogP contribution in [0.1, 0.15) is 0 Å². The van der Waals surface area contributed by atoms with Crippen LogP contribution < -0.4 is 11.5 Å². The molecular formula is C3H8N2O2. The number of rotatable bonds is 3. The third-order valence-electron chi connectivity index (χ3n) is 0.362. The van der Waals surface area contributed by atoms with Crippen molar-refractivity contribution in [3.05, 3.63) is 0 Å². The Hall–Kier alpha value is -0.610. The van der Waals surface area contributed by atoms with Gasteiger partial charge < -0.3 is 16.2 Å². The molecule has 4 heteroatoms. The SMILES string of the molecule is NCOCC(N)=O. The molecule has 0 saturated carbocycles. The minimum Gasteiger partial charge on any atom is -0.368 e. The van der Waals surface area contributed by atoms with Gasteiger partial charge in [0.2, 0.25) is 5.91 Å². The van der Waals surface area contributed by atoms with Crippen molar-refractivity contribution in [3.8, 4) is 0 Å². The van der Waals surface area contributed by atoms with Crippen LogP contribution >= 0.6 is 0 Å². The summed E-state index contributed by atoms with van der Waals surface area (Å²) >= 11 is 0. The van der Waals surface area contributed by atoms with E-state index in [0.717, 1.165) is 0 Å². The lowest BCUT2D eigenvalue weighted by Crippen LogP contribution is -2.20. The highest BCUT2D eigenvalue weighted by atomic mass is 16.5. The lowest BCUT2D eigenvalue weighted by atomic mass is 10.7. The van der Waals surface area contributed by atoms with Crippen LogP contribution in [0.2, 0.25) is 0 Å². The smallest absolute Gasteiger partial charge is 0.243 e. The average Bonchev–Trinajstić information content (AvgIpc) is 1.61. The molecule has 0 unspecified atom stereocenters. The van der Waals surface area contributed by atoms with E-state index in [0.29, 0.717) is 0 Å². The summed E-state index contributed by atoms with van der Waals surface area (Å²) in [4.78, 5) is 9.80. The Morgan fingerprint density at radius 2 is 2.29 bits per heavy atom. The summed E-state index contributed by atoms with van der Waals surface area (Å²) in [7, 11) is 0. The maximum Gasteiger partial charge on any atom is 0.243 e. The van der Waals surface area contributed by atoms with E-state index in [4.69, 9.17) is 5.73 Å². The standard InChI is InChI=1S/C3H8N2O2/c4-2-7-1-3(5)6/h1-2,4H2,(H2,5,6). The number of hydrogen-bond donors (Lipinski definition) is 2. The summed E-state index contributed by atoms with van der Waals surface area (Å²) in [5.41, 5.74) is 9.51. The number of nitrogens with two attached hydrogens (primary N) is 2. The number of carbonyl (C=O) groups excluding carboxylic acids is 1. The average molecular weight is 104 g/mol. The first-order valence-electron chi connectivity index (χ1n) is 1.83. The Morgan fingerprint density at radius 1 is 1.71 bits per heavy atom. The minimum absolute atomic E-state index is 0.0446. The van der Waals surface area contributed by atoms with Gasteiger partial charge in [-0.1, -0.05) is 0 Å². The van der Waals surface area contributed by atoms with Gasteiger partial charge in [0, 0.05) is 0 Å². The first-order chi connectivity index (χ1) is 3.27. The van der Waals surface area contributed by atoms with Crippen molar-refractivity contribution >= 4 is 5.91 Å². The Morgan fingerprint density at radius 3 is 2.43 bits per heavy atom. The Bertz CT molecular complexity index is 64.0. The van der Waals surface area contributed by atoms with Crippen molar-refractivity contribution in [2.45, 2.75) is 0 Å². The molecule has 0 aromatic carbocycles. The van der Waals surface area contributed by atoms with Gasteiger partial charge in [-0.05, 0) is 0 Å². The summed E-state index contributed by atoms with van der Waals surface area (Å²) in [6.45, 7) is -0.0422. The van der Waals surface area contributed by atoms with Gasteiger partial charge in [-0.2, -0.15) is 0 Å². The minimum atomic E-state index is -0.495. The van der Waals surface area contributed by atoms with Crippen LogP contribution in [0.3, 0.4) is 0 Å². The number of ether oxygens (including phenoxy) is 1. The van der Waals surface area contributed by atoms with Crippen LogP contribution in [0, 0.1) is 0 Å². The molecule has 0 spiro atoms. The van der Waals surface area contributed by atoms with Crippen LogP contribution in [0.25, 0.3) is 0 Å². The van der Waals surface area contributed by atoms with E-state index in [1.165, 1.54) is 0 Å². The molecule has 0 saturated heterocycles. The fourth-order valence-corrected chi connectivity index (χ4v) is 0.160. The van der Waals surface area contributed by atoms with Crippen LogP contribution in [0.15, 0.2) is 0 Å². The molecule has 0 fully saturated rings. The second kappa shape index (κ2) is 3.58. The summed E-state index contributed by atoms with van der Waals surface area (Å²) in [6, 6.07) is 0. The van der Waals surface area contributed by atoms with Gasteiger partial charge in [0.15, 0.2) is 0 Å². The topological polar surface area (TPSA) is 78.3 Å². The van der Waals surface area contributed by atoms with Gasteiger partial charge in [-0.25, -0.2) is 0 Å². The molecular weight excluding hydrogens is 96.0 g/mol. The Labute approximate surface area is 41.4 Å². The van der Waals surface area contributed by atoms with E-state index in [1.54, 1.807) is 0 Å². The molecule has 0 rings (SSSR count). The van der Waals surface area contributed by atoms with E-state index < -0.39 is 5.91 Å². The zero-order valence-electron chi connectivity index (χ0n) is 3.89. The number of primary amides is 1. The quantitative estimate of drug-likeness (QED) is 0.423. The molecule has 0 aliphatic carbocycles. The normalized spacial score (nSPS) is 8.71. The van der Waals surface area contributed by atoms with Crippen molar-refractivity contribution in [3.63, 3.8) is 0 Å². The van der Waals surface area contributed by atoms with Gasteiger partial charge in [0.25, 0.3) is 0 Å². The highest BCUT2D eigenvalue weighted by Crippen LogP contribution is 1.62. The van der Waals surface area contributed by atoms with Gasteiger partial charge in [-0.3, -0.25) is 4.79 Å². The monoisotopic (exact) mass is 104 g/mol.